The van der Waals surface area contributed by atoms with E-state index >= 15 is 0 Å². The molecular formula is C10H7BrFN3OS. The van der Waals surface area contributed by atoms with Crippen molar-refractivity contribution in [2.75, 3.05) is 0 Å². The van der Waals surface area contributed by atoms with Gasteiger partial charge in [-0.2, -0.15) is 5.10 Å². The number of rotatable bonds is 3. The summed E-state index contributed by atoms with van der Waals surface area (Å²) in [6.45, 7) is 0. The van der Waals surface area contributed by atoms with Crippen LogP contribution in [0, 0.1) is 5.82 Å². The first-order chi connectivity index (χ1) is 8.16. The van der Waals surface area contributed by atoms with Crippen molar-refractivity contribution in [1.82, 2.24) is 15.2 Å². The number of benzene rings is 1. The summed E-state index contributed by atoms with van der Waals surface area (Å²) in [5.74, 6) is 0.0751. The van der Waals surface area contributed by atoms with Crippen molar-refractivity contribution in [3.63, 3.8) is 0 Å². The van der Waals surface area contributed by atoms with Gasteiger partial charge in [0.2, 0.25) is 0 Å². The SMILES string of the molecule is O=c1cnnc(SCc2cccc(Br)c2F)[nH]1. The Kier molecular flexibility index (Phi) is 3.90. The fourth-order valence-corrected chi connectivity index (χ4v) is 2.37. The molecule has 7 heteroatoms. The minimum absolute atomic E-state index is 0.300. The fourth-order valence-electron chi connectivity index (χ4n) is 1.17. The van der Waals surface area contributed by atoms with E-state index in [-0.39, 0.29) is 11.4 Å². The summed E-state index contributed by atoms with van der Waals surface area (Å²) in [6.07, 6.45) is 1.09. The summed E-state index contributed by atoms with van der Waals surface area (Å²) in [4.78, 5) is 13.5. The third-order valence-corrected chi connectivity index (χ3v) is 3.47. The smallest absolute Gasteiger partial charge is 0.270 e. The van der Waals surface area contributed by atoms with E-state index < -0.39 is 0 Å². The monoisotopic (exact) mass is 315 g/mol. The molecule has 0 saturated carbocycles. The molecule has 1 N–H and O–H groups in total. The molecule has 0 bridgehead atoms. The molecule has 4 nitrogen and oxygen atoms in total. The van der Waals surface area contributed by atoms with Gasteiger partial charge in [0.25, 0.3) is 5.56 Å². The zero-order chi connectivity index (χ0) is 12.3. The van der Waals surface area contributed by atoms with Crippen LogP contribution in [0.3, 0.4) is 0 Å². The van der Waals surface area contributed by atoms with Crippen LogP contribution < -0.4 is 5.56 Å². The fraction of sp³-hybridized carbons (Fsp3) is 0.100. The molecule has 1 heterocycles. The summed E-state index contributed by atoms with van der Waals surface area (Å²) in [7, 11) is 0. The van der Waals surface area contributed by atoms with Crippen LogP contribution in [0.25, 0.3) is 0 Å². The molecule has 0 aliphatic carbocycles. The number of nitrogens with zero attached hydrogens (tertiary/aromatic N) is 2. The Balaban J connectivity index is 2.13. The molecule has 0 aliphatic heterocycles. The first-order valence-electron chi connectivity index (χ1n) is 4.64. The van der Waals surface area contributed by atoms with E-state index in [1.165, 1.54) is 11.8 Å². The number of H-pyrrole nitrogens is 1. The van der Waals surface area contributed by atoms with Crippen LogP contribution in [0.4, 0.5) is 4.39 Å². The van der Waals surface area contributed by atoms with E-state index in [1.54, 1.807) is 18.2 Å². The normalized spacial score (nSPS) is 10.5. The second-order valence-electron chi connectivity index (χ2n) is 3.14. The van der Waals surface area contributed by atoms with E-state index in [1.807, 2.05) is 0 Å². The number of aromatic amines is 1. The Labute approximate surface area is 109 Å². The molecule has 17 heavy (non-hydrogen) atoms. The van der Waals surface area contributed by atoms with Gasteiger partial charge in [-0.05, 0) is 27.6 Å². The van der Waals surface area contributed by atoms with Gasteiger partial charge in [0.15, 0.2) is 5.16 Å². The Morgan fingerprint density at radius 2 is 2.29 bits per heavy atom. The van der Waals surface area contributed by atoms with Crippen molar-refractivity contribution in [1.29, 1.82) is 0 Å². The van der Waals surface area contributed by atoms with E-state index in [9.17, 15) is 9.18 Å². The van der Waals surface area contributed by atoms with Gasteiger partial charge < -0.3 is 0 Å². The molecule has 1 aromatic carbocycles. The zero-order valence-electron chi connectivity index (χ0n) is 8.48. The van der Waals surface area contributed by atoms with E-state index in [0.29, 0.717) is 20.9 Å². The topological polar surface area (TPSA) is 58.6 Å². The Morgan fingerprint density at radius 3 is 3.06 bits per heavy atom. The maximum absolute atomic E-state index is 13.6. The first kappa shape index (κ1) is 12.3. The van der Waals surface area contributed by atoms with Crippen molar-refractivity contribution >= 4 is 27.7 Å². The zero-order valence-corrected chi connectivity index (χ0v) is 10.9. The summed E-state index contributed by atoms with van der Waals surface area (Å²) in [5, 5.41) is 7.62. The van der Waals surface area contributed by atoms with Crippen LogP contribution in [-0.4, -0.2) is 15.2 Å². The number of nitrogens with one attached hydrogen (secondary N) is 1. The summed E-state index contributed by atoms with van der Waals surface area (Å²) in [6, 6.07) is 5.07. The predicted octanol–water partition coefficient (Wildman–Crippen LogP) is 2.36. The third-order valence-electron chi connectivity index (χ3n) is 1.95. The Morgan fingerprint density at radius 1 is 1.47 bits per heavy atom. The van der Waals surface area contributed by atoms with Crippen molar-refractivity contribution < 1.29 is 4.39 Å². The summed E-state index contributed by atoms with van der Waals surface area (Å²) in [5.41, 5.74) is 0.216. The minimum Gasteiger partial charge on any atom is -0.299 e. The van der Waals surface area contributed by atoms with E-state index in [4.69, 9.17) is 0 Å². The third kappa shape index (κ3) is 3.13. The van der Waals surface area contributed by atoms with Crippen LogP contribution in [-0.2, 0) is 5.75 Å². The lowest BCUT2D eigenvalue weighted by molar-refractivity contribution is 0.610. The molecule has 0 atom stereocenters. The summed E-state index contributed by atoms with van der Waals surface area (Å²) >= 11 is 4.33. The average molecular weight is 316 g/mol. The molecule has 0 amide bonds. The van der Waals surface area contributed by atoms with Crippen LogP contribution in [0.2, 0.25) is 0 Å². The maximum Gasteiger partial charge on any atom is 0.270 e. The van der Waals surface area contributed by atoms with Gasteiger partial charge in [-0.3, -0.25) is 9.78 Å². The highest BCUT2D eigenvalue weighted by atomic mass is 79.9. The second kappa shape index (κ2) is 5.42. The second-order valence-corrected chi connectivity index (χ2v) is 4.96. The predicted molar refractivity (Wildman–Crippen MR) is 66.3 cm³/mol. The maximum atomic E-state index is 13.6. The highest BCUT2D eigenvalue weighted by molar-refractivity contribution is 9.10. The molecule has 88 valence electrons. The number of thioether (sulfide) groups is 1. The molecule has 0 aliphatic rings. The van der Waals surface area contributed by atoms with Crippen molar-refractivity contribution in [2.24, 2.45) is 0 Å². The number of hydrogen-bond donors (Lipinski definition) is 1. The molecule has 0 unspecified atom stereocenters. The summed E-state index contributed by atoms with van der Waals surface area (Å²) < 4.78 is 14.0. The lowest BCUT2D eigenvalue weighted by Crippen LogP contribution is -2.08. The molecule has 0 saturated heterocycles. The van der Waals surface area contributed by atoms with Crippen molar-refractivity contribution in [2.45, 2.75) is 10.9 Å². The van der Waals surface area contributed by atoms with Gasteiger partial charge in [0, 0.05) is 5.75 Å². The van der Waals surface area contributed by atoms with Gasteiger partial charge in [0.05, 0.1) is 4.47 Å². The quantitative estimate of drug-likeness (QED) is 0.883. The lowest BCUT2D eigenvalue weighted by Gasteiger charge is -2.03. The van der Waals surface area contributed by atoms with Crippen LogP contribution in [0.1, 0.15) is 5.56 Å². The largest absolute Gasteiger partial charge is 0.299 e. The van der Waals surface area contributed by atoms with Crippen LogP contribution >= 0.6 is 27.7 Å². The highest BCUT2D eigenvalue weighted by Gasteiger charge is 2.07. The van der Waals surface area contributed by atoms with Crippen LogP contribution in [0.5, 0.6) is 0 Å². The minimum atomic E-state index is -0.322. The molecule has 1 aromatic heterocycles. The number of halogens is 2. The van der Waals surface area contributed by atoms with Gasteiger partial charge >= 0.3 is 0 Å². The van der Waals surface area contributed by atoms with Gasteiger partial charge in [-0.25, -0.2) is 4.39 Å². The van der Waals surface area contributed by atoms with Crippen molar-refractivity contribution in [3.05, 3.63) is 50.6 Å². The van der Waals surface area contributed by atoms with Crippen LogP contribution in [0.15, 0.2) is 38.8 Å². The Bertz CT molecular complexity index is 590. The average Bonchev–Trinajstić information content (AvgIpc) is 2.31. The highest BCUT2D eigenvalue weighted by Crippen LogP contribution is 2.24. The lowest BCUT2D eigenvalue weighted by atomic mass is 10.2. The van der Waals surface area contributed by atoms with Gasteiger partial charge in [0.1, 0.15) is 12.0 Å². The van der Waals surface area contributed by atoms with Gasteiger partial charge in [-0.1, -0.05) is 23.9 Å². The molecular weight excluding hydrogens is 309 g/mol. The molecule has 0 spiro atoms. The van der Waals surface area contributed by atoms with E-state index in [2.05, 4.69) is 31.1 Å². The molecule has 0 radical (unpaired) electrons. The van der Waals surface area contributed by atoms with Crippen molar-refractivity contribution in [3.8, 4) is 0 Å². The standard InChI is InChI=1S/C10H7BrFN3OS/c11-7-3-1-2-6(9(7)12)5-17-10-14-8(16)4-13-15-10/h1-4H,5H2,(H,14,15,16). The first-order valence-corrected chi connectivity index (χ1v) is 6.42. The van der Waals surface area contributed by atoms with Gasteiger partial charge in [-0.15, -0.1) is 5.10 Å². The number of aromatic nitrogens is 3. The molecule has 0 fully saturated rings. The molecule has 2 aromatic rings. The molecule has 2 rings (SSSR count). The Hall–Kier alpha value is -1.21. The van der Waals surface area contributed by atoms with E-state index in [0.717, 1.165) is 6.20 Å². The number of hydrogen-bond acceptors (Lipinski definition) is 4.